The number of carbonyl (C=O) groups is 1. The van der Waals surface area contributed by atoms with Crippen molar-refractivity contribution in [3.8, 4) is 5.75 Å². The molecule has 1 heterocycles. The Morgan fingerprint density at radius 1 is 1.53 bits per heavy atom. The molecule has 4 heteroatoms. The molecule has 0 radical (unpaired) electrons. The largest absolute Gasteiger partial charge is 0.490 e. The number of carbonyl (C=O) groups excluding carboxylic acids is 1. The van der Waals surface area contributed by atoms with Crippen LogP contribution in [0, 0.1) is 0 Å². The Morgan fingerprint density at radius 3 is 3.00 bits per heavy atom. The van der Waals surface area contributed by atoms with Gasteiger partial charge in [0.2, 0.25) is 5.91 Å². The highest BCUT2D eigenvalue weighted by Crippen LogP contribution is 2.30. The highest BCUT2D eigenvalue weighted by molar-refractivity contribution is 5.94. The number of ether oxygens (including phenoxy) is 1. The van der Waals surface area contributed by atoms with Gasteiger partial charge in [-0.25, -0.2) is 0 Å². The summed E-state index contributed by atoms with van der Waals surface area (Å²) in [5, 5.41) is 5.79. The minimum absolute atomic E-state index is 0.0283. The minimum Gasteiger partial charge on any atom is -0.490 e. The Labute approximate surface area is 101 Å². The number of fused-ring (bicyclic) bond motifs is 1. The number of likely N-dealkylation sites (N-methyl/N-ethyl adjacent to an activating group) is 1. The third-order valence-corrected chi connectivity index (χ3v) is 2.99. The lowest BCUT2D eigenvalue weighted by atomic mass is 10.1. The normalized spacial score (nSPS) is 19.4. The summed E-state index contributed by atoms with van der Waals surface area (Å²) in [6, 6.07) is 5.58. The van der Waals surface area contributed by atoms with E-state index in [0.717, 1.165) is 23.4 Å². The first-order chi connectivity index (χ1) is 8.10. The standard InChI is InChI=1S/C13H18N2O2/c1-8-6-10-7-11(4-5-12(10)17-8)15-13(16)9(2)14-3/h4-5,7-9,14H,6H2,1-3H3,(H,15,16). The average molecular weight is 234 g/mol. The van der Waals surface area contributed by atoms with Crippen LogP contribution >= 0.6 is 0 Å². The Bertz CT molecular complexity index is 431. The molecule has 1 aliphatic heterocycles. The molecule has 0 bridgehead atoms. The summed E-state index contributed by atoms with van der Waals surface area (Å²) in [5.74, 6) is 0.900. The number of hydrogen-bond acceptors (Lipinski definition) is 3. The number of nitrogens with one attached hydrogen (secondary N) is 2. The summed E-state index contributed by atoms with van der Waals surface area (Å²) in [6.07, 6.45) is 1.13. The van der Waals surface area contributed by atoms with Gasteiger partial charge in [-0.15, -0.1) is 0 Å². The quantitative estimate of drug-likeness (QED) is 0.834. The molecule has 0 aromatic heterocycles. The zero-order valence-electron chi connectivity index (χ0n) is 10.4. The van der Waals surface area contributed by atoms with E-state index in [1.54, 1.807) is 7.05 Å². The summed E-state index contributed by atoms with van der Waals surface area (Å²) >= 11 is 0. The summed E-state index contributed by atoms with van der Waals surface area (Å²) in [7, 11) is 1.77. The van der Waals surface area contributed by atoms with Crippen LogP contribution in [0.3, 0.4) is 0 Å². The Hall–Kier alpha value is -1.55. The molecular formula is C13H18N2O2. The first-order valence-electron chi connectivity index (χ1n) is 5.88. The highest BCUT2D eigenvalue weighted by atomic mass is 16.5. The SMILES string of the molecule is CNC(C)C(=O)Nc1ccc2c(c1)CC(C)O2. The molecule has 0 saturated heterocycles. The van der Waals surface area contributed by atoms with Crippen molar-refractivity contribution >= 4 is 11.6 Å². The molecule has 0 aliphatic carbocycles. The number of anilines is 1. The van der Waals surface area contributed by atoms with Gasteiger partial charge >= 0.3 is 0 Å². The van der Waals surface area contributed by atoms with Gasteiger partial charge in [0.1, 0.15) is 11.9 Å². The van der Waals surface area contributed by atoms with Crippen LogP contribution in [-0.2, 0) is 11.2 Å². The molecule has 4 nitrogen and oxygen atoms in total. The lowest BCUT2D eigenvalue weighted by Gasteiger charge is -2.11. The van der Waals surface area contributed by atoms with E-state index < -0.39 is 0 Å². The number of amides is 1. The van der Waals surface area contributed by atoms with Crippen molar-refractivity contribution in [1.82, 2.24) is 5.32 Å². The van der Waals surface area contributed by atoms with E-state index in [1.165, 1.54) is 0 Å². The van der Waals surface area contributed by atoms with Gasteiger partial charge in [-0.2, -0.15) is 0 Å². The van der Waals surface area contributed by atoms with Crippen LogP contribution in [0.1, 0.15) is 19.4 Å². The fourth-order valence-electron chi connectivity index (χ4n) is 1.88. The predicted molar refractivity (Wildman–Crippen MR) is 67.4 cm³/mol. The molecule has 0 fully saturated rings. The van der Waals surface area contributed by atoms with Crippen LogP contribution in [0.5, 0.6) is 5.75 Å². The van der Waals surface area contributed by atoms with Crippen LogP contribution in [0.15, 0.2) is 18.2 Å². The van der Waals surface area contributed by atoms with Gasteiger partial charge in [-0.1, -0.05) is 0 Å². The van der Waals surface area contributed by atoms with Gasteiger partial charge < -0.3 is 15.4 Å². The van der Waals surface area contributed by atoms with Crippen molar-refractivity contribution in [2.24, 2.45) is 0 Å². The topological polar surface area (TPSA) is 50.4 Å². The molecule has 0 spiro atoms. The van der Waals surface area contributed by atoms with Crippen LogP contribution in [0.25, 0.3) is 0 Å². The number of hydrogen-bond donors (Lipinski definition) is 2. The number of benzene rings is 1. The van der Waals surface area contributed by atoms with Crippen molar-refractivity contribution in [1.29, 1.82) is 0 Å². The van der Waals surface area contributed by atoms with Crippen molar-refractivity contribution in [2.75, 3.05) is 12.4 Å². The Kier molecular flexibility index (Phi) is 3.33. The smallest absolute Gasteiger partial charge is 0.241 e. The van der Waals surface area contributed by atoms with E-state index in [1.807, 2.05) is 32.0 Å². The zero-order chi connectivity index (χ0) is 12.4. The van der Waals surface area contributed by atoms with Gasteiger partial charge in [0, 0.05) is 12.1 Å². The molecule has 1 amide bonds. The van der Waals surface area contributed by atoms with E-state index in [2.05, 4.69) is 10.6 Å². The van der Waals surface area contributed by atoms with E-state index in [9.17, 15) is 4.79 Å². The van der Waals surface area contributed by atoms with Crippen molar-refractivity contribution in [2.45, 2.75) is 32.4 Å². The molecule has 2 N–H and O–H groups in total. The zero-order valence-corrected chi connectivity index (χ0v) is 10.4. The van der Waals surface area contributed by atoms with Gasteiger partial charge in [0.15, 0.2) is 0 Å². The first kappa shape index (κ1) is 11.9. The molecule has 0 saturated carbocycles. The Morgan fingerprint density at radius 2 is 2.29 bits per heavy atom. The van der Waals surface area contributed by atoms with E-state index in [4.69, 9.17) is 4.74 Å². The summed E-state index contributed by atoms with van der Waals surface area (Å²) < 4.78 is 5.61. The van der Waals surface area contributed by atoms with Crippen LogP contribution in [0.2, 0.25) is 0 Å². The summed E-state index contributed by atoms with van der Waals surface area (Å²) in [5.41, 5.74) is 1.99. The lowest BCUT2D eigenvalue weighted by Crippen LogP contribution is -2.35. The van der Waals surface area contributed by atoms with Gasteiger partial charge in [-0.05, 0) is 44.7 Å². The van der Waals surface area contributed by atoms with E-state index in [-0.39, 0.29) is 18.1 Å². The molecule has 2 unspecified atom stereocenters. The minimum atomic E-state index is -0.196. The third kappa shape index (κ3) is 2.58. The second-order valence-corrected chi connectivity index (χ2v) is 4.45. The van der Waals surface area contributed by atoms with Crippen molar-refractivity contribution < 1.29 is 9.53 Å². The van der Waals surface area contributed by atoms with Gasteiger partial charge in [0.25, 0.3) is 0 Å². The molecule has 17 heavy (non-hydrogen) atoms. The second-order valence-electron chi connectivity index (χ2n) is 4.45. The lowest BCUT2D eigenvalue weighted by molar-refractivity contribution is -0.117. The maximum absolute atomic E-state index is 11.7. The van der Waals surface area contributed by atoms with Gasteiger partial charge in [0.05, 0.1) is 6.04 Å². The summed E-state index contributed by atoms with van der Waals surface area (Å²) in [4.78, 5) is 11.7. The van der Waals surface area contributed by atoms with E-state index in [0.29, 0.717) is 0 Å². The van der Waals surface area contributed by atoms with E-state index >= 15 is 0 Å². The van der Waals surface area contributed by atoms with Crippen molar-refractivity contribution in [3.05, 3.63) is 23.8 Å². The third-order valence-electron chi connectivity index (χ3n) is 2.99. The maximum atomic E-state index is 11.7. The van der Waals surface area contributed by atoms with Crippen LogP contribution in [-0.4, -0.2) is 25.1 Å². The highest BCUT2D eigenvalue weighted by Gasteiger charge is 2.19. The fourth-order valence-corrected chi connectivity index (χ4v) is 1.88. The van der Waals surface area contributed by atoms with Crippen LogP contribution < -0.4 is 15.4 Å². The van der Waals surface area contributed by atoms with Crippen LogP contribution in [0.4, 0.5) is 5.69 Å². The average Bonchev–Trinajstić information content (AvgIpc) is 2.67. The fraction of sp³-hybridized carbons (Fsp3) is 0.462. The first-order valence-corrected chi connectivity index (χ1v) is 5.88. The van der Waals surface area contributed by atoms with Crippen molar-refractivity contribution in [3.63, 3.8) is 0 Å². The van der Waals surface area contributed by atoms with Gasteiger partial charge in [-0.3, -0.25) is 4.79 Å². The maximum Gasteiger partial charge on any atom is 0.241 e. The summed E-state index contributed by atoms with van der Waals surface area (Å²) in [6.45, 7) is 3.87. The molecule has 1 aliphatic rings. The predicted octanol–water partition coefficient (Wildman–Crippen LogP) is 1.56. The number of rotatable bonds is 3. The Balaban J connectivity index is 2.09. The molecular weight excluding hydrogens is 216 g/mol. The molecule has 92 valence electrons. The molecule has 2 atom stereocenters. The molecule has 1 aromatic carbocycles. The molecule has 1 aromatic rings. The molecule has 2 rings (SSSR count). The second kappa shape index (κ2) is 4.75. The monoisotopic (exact) mass is 234 g/mol.